The van der Waals surface area contributed by atoms with Crippen LogP contribution in [0, 0.1) is 0 Å². The van der Waals surface area contributed by atoms with Crippen LogP contribution in [0.3, 0.4) is 0 Å². The number of benzene rings is 2. The molecular weight excluding hydrogens is 514 g/mol. The average molecular weight is 548 g/mol. The van der Waals surface area contributed by atoms with Crippen molar-refractivity contribution in [2.24, 2.45) is 0 Å². The Morgan fingerprint density at radius 3 is 2.52 bits per heavy atom. The number of anilines is 5. The first-order valence-electron chi connectivity index (χ1n) is 13.1. The Morgan fingerprint density at radius 1 is 1.12 bits per heavy atom. The summed E-state index contributed by atoms with van der Waals surface area (Å²) in [5.41, 5.74) is 2.55. The molecule has 3 aromatic rings. The van der Waals surface area contributed by atoms with Gasteiger partial charge in [-0.2, -0.15) is 4.98 Å². The highest BCUT2D eigenvalue weighted by Gasteiger charge is 2.35. The van der Waals surface area contributed by atoms with Crippen LogP contribution >= 0.6 is 0 Å². The van der Waals surface area contributed by atoms with Crippen LogP contribution in [0.4, 0.5) is 33.6 Å². The van der Waals surface area contributed by atoms with E-state index in [2.05, 4.69) is 10.3 Å². The molecule has 0 radical (unpaired) electrons. The van der Waals surface area contributed by atoms with E-state index in [1.165, 1.54) is 21.1 Å². The highest BCUT2D eigenvalue weighted by molar-refractivity contribution is 6.07. The molecule has 210 valence electrons. The normalized spacial score (nSPS) is 15.4. The molecule has 2 aliphatic heterocycles. The highest BCUT2D eigenvalue weighted by Crippen LogP contribution is 2.43. The van der Waals surface area contributed by atoms with Gasteiger partial charge in [0, 0.05) is 50.5 Å². The molecule has 1 fully saturated rings. The van der Waals surface area contributed by atoms with Gasteiger partial charge in [0.25, 0.3) is 0 Å². The molecule has 1 N–H and O–H groups in total. The zero-order valence-corrected chi connectivity index (χ0v) is 23.1. The van der Waals surface area contributed by atoms with E-state index in [0.717, 1.165) is 11.3 Å². The molecular formula is C28H33N7O5. The number of carbonyl (C=O) groups excluding carboxylic acids is 2. The summed E-state index contributed by atoms with van der Waals surface area (Å²) >= 11 is 0. The minimum Gasteiger partial charge on any atom is -0.497 e. The number of carbonyl (C=O) groups is 2. The van der Waals surface area contributed by atoms with Crippen molar-refractivity contribution in [3.63, 3.8) is 0 Å². The average Bonchev–Trinajstić information content (AvgIpc) is 2.97. The summed E-state index contributed by atoms with van der Waals surface area (Å²) in [7, 11) is 3.02. The zero-order chi connectivity index (χ0) is 28.2. The van der Waals surface area contributed by atoms with Crippen molar-refractivity contribution in [1.82, 2.24) is 15.0 Å². The fourth-order valence-electron chi connectivity index (χ4n) is 4.91. The summed E-state index contributed by atoms with van der Waals surface area (Å²) in [6, 6.07) is 13.0. The molecule has 0 atom stereocenters. The topological polar surface area (TPSA) is 113 Å². The van der Waals surface area contributed by atoms with Gasteiger partial charge in [-0.15, -0.1) is 0 Å². The number of nitrogens with one attached hydrogen (secondary N) is 1. The number of para-hydroxylation sites is 1. The number of fused-ring (bicyclic) bond motifs is 1. The van der Waals surface area contributed by atoms with E-state index < -0.39 is 0 Å². The maximum absolute atomic E-state index is 13.9. The molecule has 5 rings (SSSR count). The monoisotopic (exact) mass is 547 g/mol. The summed E-state index contributed by atoms with van der Waals surface area (Å²) in [4.78, 5) is 38.7. The third-order valence-corrected chi connectivity index (χ3v) is 6.74. The van der Waals surface area contributed by atoms with Crippen LogP contribution < -0.4 is 29.6 Å². The van der Waals surface area contributed by atoms with Gasteiger partial charge in [-0.05, 0) is 19.1 Å². The third-order valence-electron chi connectivity index (χ3n) is 6.74. The Bertz CT molecular complexity index is 1380. The van der Waals surface area contributed by atoms with Crippen molar-refractivity contribution in [3.8, 4) is 11.5 Å². The lowest BCUT2D eigenvalue weighted by Crippen LogP contribution is -2.49. The Kier molecular flexibility index (Phi) is 7.99. The van der Waals surface area contributed by atoms with Crippen LogP contribution in [0.2, 0.25) is 0 Å². The molecule has 0 aliphatic carbocycles. The van der Waals surface area contributed by atoms with Crippen molar-refractivity contribution < 1.29 is 23.8 Å². The number of rotatable bonds is 8. The van der Waals surface area contributed by atoms with Gasteiger partial charge in [0.15, 0.2) is 5.75 Å². The molecule has 3 heterocycles. The quantitative estimate of drug-likeness (QED) is 0.450. The van der Waals surface area contributed by atoms with Crippen LogP contribution in [0.1, 0.15) is 19.4 Å². The molecule has 12 nitrogen and oxygen atoms in total. The molecule has 1 saturated heterocycles. The maximum Gasteiger partial charge on any atom is 0.330 e. The number of methoxy groups -OCH3 is 2. The second kappa shape index (κ2) is 11.8. The Hall–Kier alpha value is -4.42. The summed E-state index contributed by atoms with van der Waals surface area (Å²) in [6.45, 7) is 6.47. The van der Waals surface area contributed by atoms with Gasteiger partial charge >= 0.3 is 6.03 Å². The largest absolute Gasteiger partial charge is 0.497 e. The second-order valence-corrected chi connectivity index (χ2v) is 9.25. The Balaban J connectivity index is 1.57. The summed E-state index contributed by atoms with van der Waals surface area (Å²) in [6.07, 6.45) is 1.76. The maximum atomic E-state index is 13.9. The molecule has 40 heavy (non-hydrogen) atoms. The van der Waals surface area contributed by atoms with Gasteiger partial charge in [-0.1, -0.05) is 18.2 Å². The zero-order valence-electron chi connectivity index (χ0n) is 23.1. The molecule has 12 heteroatoms. The van der Waals surface area contributed by atoms with Crippen molar-refractivity contribution in [2.75, 3.05) is 67.2 Å². The predicted molar refractivity (Wildman–Crippen MR) is 151 cm³/mol. The van der Waals surface area contributed by atoms with Crippen LogP contribution in [0.15, 0.2) is 48.7 Å². The predicted octanol–water partition coefficient (Wildman–Crippen LogP) is 3.80. The highest BCUT2D eigenvalue weighted by atomic mass is 16.5. The number of urea groups is 1. The SMILES string of the molecule is CCN1C(=O)N(c2cc(OC)cc(NC(C)=O)c2OC)Cc2cnc(N(c3ccccc3)N3CCOCC3)nc21. The smallest absolute Gasteiger partial charge is 0.330 e. The molecule has 0 spiro atoms. The van der Waals surface area contributed by atoms with Crippen LogP contribution in [0.25, 0.3) is 0 Å². The van der Waals surface area contributed by atoms with Gasteiger partial charge in [0.2, 0.25) is 11.9 Å². The lowest BCUT2D eigenvalue weighted by Gasteiger charge is -2.39. The summed E-state index contributed by atoms with van der Waals surface area (Å²) in [5, 5.41) is 6.90. The molecule has 2 aliphatic rings. The third kappa shape index (κ3) is 5.23. The standard InChI is InChI=1S/C28H33N7O5/c1-5-33-26-20(17-29-27(31-26)35(21-9-7-6-8-10-21)32-11-13-40-14-12-32)18-34(28(33)37)24-16-22(38-3)15-23(25(24)39-4)30-19(2)36/h6-10,15-17H,5,11-14,18H2,1-4H3,(H,30,36). The number of nitrogens with zero attached hydrogens (tertiary/aromatic N) is 6. The van der Waals surface area contributed by atoms with E-state index in [1.54, 1.807) is 28.1 Å². The van der Waals surface area contributed by atoms with E-state index in [4.69, 9.17) is 24.2 Å². The Labute approximate surface area is 233 Å². The minimum atomic E-state index is -0.280. The molecule has 1 aromatic heterocycles. The van der Waals surface area contributed by atoms with E-state index in [9.17, 15) is 9.59 Å². The van der Waals surface area contributed by atoms with Gasteiger partial charge < -0.3 is 19.5 Å². The van der Waals surface area contributed by atoms with E-state index in [0.29, 0.717) is 67.5 Å². The number of hydrazine groups is 1. The van der Waals surface area contributed by atoms with Crippen LogP contribution in [-0.4, -0.2) is 74.0 Å². The molecule has 0 bridgehead atoms. The lowest BCUT2D eigenvalue weighted by molar-refractivity contribution is -0.114. The number of hydrogen-bond acceptors (Lipinski definition) is 9. The fraction of sp³-hybridized carbons (Fsp3) is 0.357. The Morgan fingerprint density at radius 2 is 1.88 bits per heavy atom. The van der Waals surface area contributed by atoms with Crippen molar-refractivity contribution in [2.45, 2.75) is 20.4 Å². The van der Waals surface area contributed by atoms with E-state index in [-0.39, 0.29) is 18.5 Å². The lowest BCUT2D eigenvalue weighted by atomic mass is 10.1. The number of amides is 3. The van der Waals surface area contributed by atoms with Gasteiger partial charge in [-0.3, -0.25) is 14.6 Å². The summed E-state index contributed by atoms with van der Waals surface area (Å²) in [5.74, 6) is 1.57. The second-order valence-electron chi connectivity index (χ2n) is 9.25. The van der Waals surface area contributed by atoms with Gasteiger partial charge in [-0.25, -0.2) is 19.8 Å². The van der Waals surface area contributed by atoms with Crippen LogP contribution in [0.5, 0.6) is 11.5 Å². The van der Waals surface area contributed by atoms with E-state index in [1.807, 2.05) is 42.3 Å². The minimum absolute atomic E-state index is 0.205. The van der Waals surface area contributed by atoms with Crippen molar-refractivity contribution >= 4 is 40.8 Å². The fourth-order valence-corrected chi connectivity index (χ4v) is 4.91. The first kappa shape index (κ1) is 27.2. The first-order chi connectivity index (χ1) is 19.4. The number of hydrogen-bond donors (Lipinski definition) is 1. The van der Waals surface area contributed by atoms with Gasteiger partial charge in [0.1, 0.15) is 11.6 Å². The molecule has 2 aromatic carbocycles. The molecule has 3 amide bonds. The van der Waals surface area contributed by atoms with Crippen LogP contribution in [-0.2, 0) is 16.1 Å². The van der Waals surface area contributed by atoms with Gasteiger partial charge in [0.05, 0.1) is 51.0 Å². The molecule has 0 unspecified atom stereocenters. The summed E-state index contributed by atoms with van der Waals surface area (Å²) < 4.78 is 16.7. The van der Waals surface area contributed by atoms with Crippen molar-refractivity contribution in [3.05, 3.63) is 54.2 Å². The van der Waals surface area contributed by atoms with Crippen molar-refractivity contribution in [1.29, 1.82) is 0 Å². The number of ether oxygens (including phenoxy) is 3. The number of aromatic nitrogens is 2. The molecule has 0 saturated carbocycles. The first-order valence-corrected chi connectivity index (χ1v) is 13.1. The number of morpholine rings is 1. The van der Waals surface area contributed by atoms with E-state index >= 15 is 0 Å².